The summed E-state index contributed by atoms with van der Waals surface area (Å²) in [5, 5.41) is 12.2. The fourth-order valence-corrected chi connectivity index (χ4v) is 10.8. The molecular weight excluding hydrogens is 754 g/mol. The number of benzene rings is 3. The number of fused-ring (bicyclic) bond motifs is 2. The highest BCUT2D eigenvalue weighted by atomic mass is 35.5. The summed E-state index contributed by atoms with van der Waals surface area (Å²) in [7, 11) is 0. The van der Waals surface area contributed by atoms with Crippen LogP contribution in [-0.2, 0) is 22.7 Å². The van der Waals surface area contributed by atoms with Crippen LogP contribution in [0.2, 0.25) is 5.02 Å². The van der Waals surface area contributed by atoms with E-state index in [9.17, 15) is 29.2 Å². The van der Waals surface area contributed by atoms with Crippen molar-refractivity contribution >= 4 is 52.5 Å². The first-order valence-electron chi connectivity index (χ1n) is 20.6. The number of carbonyl (C=O) groups excluding carboxylic acids is 5. The van der Waals surface area contributed by atoms with E-state index in [1.807, 2.05) is 48.2 Å². The van der Waals surface area contributed by atoms with Crippen molar-refractivity contribution in [2.75, 3.05) is 49.1 Å². The molecule has 4 fully saturated rings. The lowest BCUT2D eigenvalue weighted by molar-refractivity contribution is -0.136. The molecule has 0 saturated carbocycles. The second-order valence-electron chi connectivity index (χ2n) is 17.4. The van der Waals surface area contributed by atoms with Gasteiger partial charge in [0.05, 0.1) is 21.7 Å². The quantitative estimate of drug-likeness (QED) is 0.313. The predicted molar refractivity (Wildman–Crippen MR) is 219 cm³/mol. The zero-order valence-electron chi connectivity index (χ0n) is 33.1. The van der Waals surface area contributed by atoms with Crippen LogP contribution in [0.5, 0.6) is 0 Å². The zero-order valence-corrected chi connectivity index (χ0v) is 33.8. The first kappa shape index (κ1) is 38.3. The molecule has 6 aliphatic rings. The number of hydrogen-bond acceptors (Lipinski definition) is 9. The Labute approximate surface area is 343 Å². The first-order chi connectivity index (χ1) is 27.9. The van der Waals surface area contributed by atoms with Gasteiger partial charge >= 0.3 is 0 Å². The summed E-state index contributed by atoms with van der Waals surface area (Å²) in [6.45, 7) is 10.9. The fraction of sp³-hybridized carbons (Fsp3) is 0.467. The lowest BCUT2D eigenvalue weighted by atomic mass is 9.76. The van der Waals surface area contributed by atoms with Crippen molar-refractivity contribution in [3.05, 3.63) is 92.5 Å². The molecule has 0 bridgehead atoms. The molecule has 0 aromatic heterocycles. The molecule has 13 heteroatoms. The van der Waals surface area contributed by atoms with Crippen LogP contribution in [-0.4, -0.2) is 95.6 Å². The Kier molecular flexibility index (Phi) is 9.80. The van der Waals surface area contributed by atoms with E-state index in [1.165, 1.54) is 0 Å². The number of imide groups is 2. The monoisotopic (exact) mass is 801 g/mol. The van der Waals surface area contributed by atoms with Crippen LogP contribution in [0, 0.1) is 29.6 Å². The first-order valence-corrected chi connectivity index (χ1v) is 21.0. The Bertz CT molecular complexity index is 2230. The van der Waals surface area contributed by atoms with Crippen molar-refractivity contribution in [3.63, 3.8) is 0 Å². The van der Waals surface area contributed by atoms with Crippen LogP contribution in [0.4, 0.5) is 11.4 Å². The molecule has 6 aliphatic heterocycles. The van der Waals surface area contributed by atoms with Gasteiger partial charge in [-0.3, -0.25) is 39.1 Å². The molecule has 5 amide bonds. The molecule has 1 N–H and O–H groups in total. The highest BCUT2D eigenvalue weighted by molar-refractivity contribution is 6.33. The Balaban J connectivity index is 0.748. The number of piperidine rings is 3. The van der Waals surface area contributed by atoms with Gasteiger partial charge in [-0.05, 0) is 129 Å². The molecule has 58 heavy (non-hydrogen) atoms. The number of halogens is 1. The third kappa shape index (κ3) is 6.72. The molecule has 9 rings (SSSR count). The van der Waals surface area contributed by atoms with Gasteiger partial charge in [-0.1, -0.05) is 11.6 Å². The molecule has 0 radical (unpaired) electrons. The van der Waals surface area contributed by atoms with E-state index in [0.717, 1.165) is 96.8 Å². The normalized spacial score (nSPS) is 23.4. The molecule has 3 aromatic rings. The van der Waals surface area contributed by atoms with E-state index in [-0.39, 0.29) is 24.2 Å². The average molecular weight is 802 g/mol. The standard InChI is InChI=1S/C45H48ClN7O5/c1-27-21-45(26-52(27)37-8-5-31(22-47)40(46)28(37)2)13-17-50(18-14-45)34-6-3-30(4-7-34)42(56)51-15-11-29(12-16-51)23-49-24-32-19-35-36(20-33(32)25-49)44(58)53(43(35)57)38-9-10-39(54)48-41(38)55/h3-8,19-20,27,29,38H,9-18,21,23-26H2,1-2H3,(H,48,54,55)/t27-,38?/m0/s1. The van der Waals surface area contributed by atoms with E-state index in [4.69, 9.17) is 11.6 Å². The number of nitrogens with zero attached hydrogens (tertiary/aromatic N) is 6. The van der Waals surface area contributed by atoms with Crippen LogP contribution in [0.1, 0.15) is 105 Å². The number of rotatable bonds is 6. The van der Waals surface area contributed by atoms with E-state index in [2.05, 4.69) is 45.1 Å². The molecular formula is C45H48ClN7O5. The van der Waals surface area contributed by atoms with Gasteiger partial charge in [0.1, 0.15) is 12.1 Å². The third-order valence-corrected chi connectivity index (χ3v) is 14.3. The van der Waals surface area contributed by atoms with Crippen LogP contribution in [0.15, 0.2) is 48.5 Å². The molecule has 2 atom stereocenters. The van der Waals surface area contributed by atoms with Crippen molar-refractivity contribution in [1.82, 2.24) is 20.0 Å². The predicted octanol–water partition coefficient (Wildman–Crippen LogP) is 5.67. The minimum absolute atomic E-state index is 0.0737. The summed E-state index contributed by atoms with van der Waals surface area (Å²) in [6.07, 6.45) is 5.39. The highest BCUT2D eigenvalue weighted by Crippen LogP contribution is 2.47. The van der Waals surface area contributed by atoms with Gasteiger partial charge in [0.2, 0.25) is 11.8 Å². The van der Waals surface area contributed by atoms with Crippen molar-refractivity contribution in [2.24, 2.45) is 11.3 Å². The molecule has 12 nitrogen and oxygen atoms in total. The number of likely N-dealkylation sites (tertiary alicyclic amines) is 1. The van der Waals surface area contributed by atoms with Gasteiger partial charge in [-0.15, -0.1) is 0 Å². The average Bonchev–Trinajstić information content (AvgIpc) is 3.84. The van der Waals surface area contributed by atoms with E-state index in [0.29, 0.717) is 59.9 Å². The number of hydrogen-bond donors (Lipinski definition) is 1. The van der Waals surface area contributed by atoms with Crippen molar-refractivity contribution in [1.29, 1.82) is 5.26 Å². The Hall–Kier alpha value is -5.25. The molecule has 6 heterocycles. The van der Waals surface area contributed by atoms with Crippen LogP contribution >= 0.6 is 11.6 Å². The molecule has 1 unspecified atom stereocenters. The maximum Gasteiger partial charge on any atom is 0.262 e. The van der Waals surface area contributed by atoms with Crippen LogP contribution in [0.25, 0.3) is 0 Å². The number of carbonyl (C=O) groups is 5. The number of nitrogens with one attached hydrogen (secondary N) is 1. The van der Waals surface area contributed by atoms with Gasteiger partial charge < -0.3 is 14.7 Å². The van der Waals surface area contributed by atoms with Gasteiger partial charge in [0, 0.05) is 81.8 Å². The van der Waals surface area contributed by atoms with Crippen LogP contribution < -0.4 is 15.1 Å². The Morgan fingerprint density at radius 2 is 1.57 bits per heavy atom. The van der Waals surface area contributed by atoms with Gasteiger partial charge in [0.15, 0.2) is 0 Å². The van der Waals surface area contributed by atoms with E-state index in [1.54, 1.807) is 0 Å². The Morgan fingerprint density at radius 3 is 2.19 bits per heavy atom. The molecule has 1 spiro atoms. The molecule has 4 saturated heterocycles. The summed E-state index contributed by atoms with van der Waals surface area (Å²) in [6, 6.07) is 17.3. The van der Waals surface area contributed by atoms with E-state index < -0.39 is 29.7 Å². The maximum atomic E-state index is 13.6. The maximum absolute atomic E-state index is 13.6. The Morgan fingerprint density at radius 1 is 0.914 bits per heavy atom. The summed E-state index contributed by atoms with van der Waals surface area (Å²) in [5.74, 6) is -1.44. The third-order valence-electron chi connectivity index (χ3n) is 13.8. The van der Waals surface area contributed by atoms with Crippen molar-refractivity contribution < 1.29 is 24.0 Å². The lowest BCUT2D eigenvalue weighted by Gasteiger charge is -2.40. The van der Waals surface area contributed by atoms with Gasteiger partial charge in [0.25, 0.3) is 17.7 Å². The smallest absolute Gasteiger partial charge is 0.262 e. The topological polar surface area (TPSA) is 137 Å². The second kappa shape index (κ2) is 14.8. The minimum atomic E-state index is -0.968. The van der Waals surface area contributed by atoms with Crippen LogP contribution in [0.3, 0.4) is 0 Å². The minimum Gasteiger partial charge on any atom is -0.371 e. The van der Waals surface area contributed by atoms with E-state index >= 15 is 0 Å². The fourth-order valence-electron chi connectivity index (χ4n) is 10.6. The second-order valence-corrected chi connectivity index (χ2v) is 17.8. The highest BCUT2D eigenvalue weighted by Gasteiger charge is 2.46. The summed E-state index contributed by atoms with van der Waals surface area (Å²) >= 11 is 6.54. The zero-order chi connectivity index (χ0) is 40.5. The number of nitriles is 1. The van der Waals surface area contributed by atoms with Crippen molar-refractivity contribution in [3.8, 4) is 6.07 Å². The SMILES string of the molecule is Cc1c(N2CC3(CCN(c4ccc(C(=O)N5CCC(CN6Cc7cc8c(cc7C6)C(=O)N(C6CCC(=O)NC6=O)C8=O)CC5)cc4)CC3)C[C@@H]2C)ccc(C#N)c1Cl. The summed E-state index contributed by atoms with van der Waals surface area (Å²) in [4.78, 5) is 74.6. The number of amides is 5. The number of anilines is 2. The molecule has 300 valence electrons. The van der Waals surface area contributed by atoms with Crippen molar-refractivity contribution in [2.45, 2.75) is 84.0 Å². The largest absolute Gasteiger partial charge is 0.371 e. The van der Waals surface area contributed by atoms with Gasteiger partial charge in [-0.2, -0.15) is 5.26 Å². The summed E-state index contributed by atoms with van der Waals surface area (Å²) < 4.78 is 0. The molecule has 0 aliphatic carbocycles. The lowest BCUT2D eigenvalue weighted by Crippen LogP contribution is -2.54. The van der Waals surface area contributed by atoms with Gasteiger partial charge in [-0.25, -0.2) is 0 Å². The summed E-state index contributed by atoms with van der Waals surface area (Å²) in [5.41, 5.74) is 7.43. The molecule has 3 aromatic carbocycles.